The second kappa shape index (κ2) is 4.80. The monoisotopic (exact) mass is 292 g/mol. The van der Waals surface area contributed by atoms with Crippen molar-refractivity contribution in [2.24, 2.45) is 0 Å². The van der Waals surface area contributed by atoms with Crippen molar-refractivity contribution in [3.05, 3.63) is 46.4 Å². The second-order valence-electron chi connectivity index (χ2n) is 3.81. The summed E-state index contributed by atoms with van der Waals surface area (Å²) in [5, 5.41) is 9.98. The van der Waals surface area contributed by atoms with Crippen molar-refractivity contribution in [1.29, 1.82) is 0 Å². The lowest BCUT2D eigenvalue weighted by atomic mass is 9.99. The number of methoxy groups -OCH3 is 1. The maximum atomic E-state index is 9.98. The van der Waals surface area contributed by atoms with Gasteiger partial charge < -0.3 is 9.84 Å². The second-order valence-corrected chi connectivity index (χ2v) is 4.73. The highest BCUT2D eigenvalue weighted by Gasteiger charge is 2.12. The minimum Gasteiger partial charge on any atom is -0.507 e. The molecule has 0 fully saturated rings. The minimum absolute atomic E-state index is 0.231. The smallest absolute Gasteiger partial charge is 0.130 e. The fraction of sp³-hybridized carbons (Fsp3) is 0.143. The highest BCUT2D eigenvalue weighted by Crippen LogP contribution is 2.39. The first-order chi connectivity index (χ1) is 8.13. The molecule has 2 nitrogen and oxygen atoms in total. The summed E-state index contributed by atoms with van der Waals surface area (Å²) in [4.78, 5) is 0. The van der Waals surface area contributed by atoms with Gasteiger partial charge in [-0.2, -0.15) is 0 Å². The van der Waals surface area contributed by atoms with Crippen LogP contribution in [0.3, 0.4) is 0 Å². The zero-order valence-electron chi connectivity index (χ0n) is 9.70. The van der Waals surface area contributed by atoms with Crippen LogP contribution in [0.5, 0.6) is 11.5 Å². The normalized spacial score (nSPS) is 10.3. The number of phenolic OH excluding ortho intramolecular Hbond substituents is 1. The van der Waals surface area contributed by atoms with Crippen LogP contribution in [-0.2, 0) is 0 Å². The van der Waals surface area contributed by atoms with Gasteiger partial charge in [-0.3, -0.25) is 0 Å². The Bertz CT molecular complexity index is 550. The fourth-order valence-electron chi connectivity index (χ4n) is 1.87. The standard InChI is InChI=1S/C14H13BrO2/c1-9-8-10(15)6-7-11(9)14-12(16)4-3-5-13(14)17-2/h3-8,16H,1-2H3. The van der Waals surface area contributed by atoms with Gasteiger partial charge in [0.15, 0.2) is 0 Å². The van der Waals surface area contributed by atoms with Crippen molar-refractivity contribution >= 4 is 15.9 Å². The molecule has 0 bridgehead atoms. The number of halogens is 1. The van der Waals surface area contributed by atoms with Crippen LogP contribution in [0.4, 0.5) is 0 Å². The Morgan fingerprint density at radius 2 is 1.94 bits per heavy atom. The van der Waals surface area contributed by atoms with Crippen molar-refractivity contribution in [2.45, 2.75) is 6.92 Å². The molecule has 0 unspecified atom stereocenters. The van der Waals surface area contributed by atoms with E-state index in [4.69, 9.17) is 4.74 Å². The van der Waals surface area contributed by atoms with Gasteiger partial charge in [0.05, 0.1) is 12.7 Å². The van der Waals surface area contributed by atoms with E-state index in [0.717, 1.165) is 21.2 Å². The van der Waals surface area contributed by atoms with Crippen molar-refractivity contribution < 1.29 is 9.84 Å². The van der Waals surface area contributed by atoms with E-state index in [1.54, 1.807) is 19.2 Å². The Hall–Kier alpha value is -1.48. The molecule has 0 amide bonds. The molecule has 0 atom stereocenters. The number of hydrogen-bond acceptors (Lipinski definition) is 2. The Balaban J connectivity index is 2.67. The molecular weight excluding hydrogens is 280 g/mol. The summed E-state index contributed by atoms with van der Waals surface area (Å²) in [6, 6.07) is 11.2. The fourth-order valence-corrected chi connectivity index (χ4v) is 2.34. The molecule has 0 aromatic heterocycles. The van der Waals surface area contributed by atoms with E-state index in [9.17, 15) is 5.11 Å². The van der Waals surface area contributed by atoms with Crippen LogP contribution >= 0.6 is 15.9 Å². The molecule has 0 aliphatic carbocycles. The lowest BCUT2D eigenvalue weighted by molar-refractivity contribution is 0.410. The third kappa shape index (κ3) is 2.29. The zero-order valence-corrected chi connectivity index (χ0v) is 11.3. The molecule has 17 heavy (non-hydrogen) atoms. The van der Waals surface area contributed by atoms with Gasteiger partial charge in [0.1, 0.15) is 11.5 Å². The van der Waals surface area contributed by atoms with Crippen LogP contribution in [0.2, 0.25) is 0 Å². The van der Waals surface area contributed by atoms with Gasteiger partial charge in [0, 0.05) is 4.47 Å². The van der Waals surface area contributed by atoms with E-state index >= 15 is 0 Å². The van der Waals surface area contributed by atoms with Gasteiger partial charge >= 0.3 is 0 Å². The van der Waals surface area contributed by atoms with Crippen LogP contribution in [0.15, 0.2) is 40.9 Å². The van der Waals surface area contributed by atoms with Crippen molar-refractivity contribution in [2.75, 3.05) is 7.11 Å². The average molecular weight is 293 g/mol. The van der Waals surface area contributed by atoms with Crippen LogP contribution in [0, 0.1) is 6.92 Å². The molecule has 1 N–H and O–H groups in total. The van der Waals surface area contributed by atoms with Gasteiger partial charge in [-0.1, -0.05) is 28.1 Å². The molecule has 0 spiro atoms. The first kappa shape index (κ1) is 12.0. The summed E-state index contributed by atoms with van der Waals surface area (Å²) in [5.41, 5.74) is 2.79. The zero-order chi connectivity index (χ0) is 12.4. The number of phenols is 1. The van der Waals surface area contributed by atoms with Crippen LogP contribution in [0.25, 0.3) is 11.1 Å². The van der Waals surface area contributed by atoms with E-state index in [2.05, 4.69) is 15.9 Å². The predicted molar refractivity (Wildman–Crippen MR) is 72.5 cm³/mol. The van der Waals surface area contributed by atoms with Crippen molar-refractivity contribution in [1.82, 2.24) is 0 Å². The third-order valence-corrected chi connectivity index (χ3v) is 3.18. The molecule has 0 radical (unpaired) electrons. The Morgan fingerprint density at radius 3 is 2.59 bits per heavy atom. The highest BCUT2D eigenvalue weighted by molar-refractivity contribution is 9.10. The largest absolute Gasteiger partial charge is 0.507 e. The number of rotatable bonds is 2. The summed E-state index contributed by atoms with van der Waals surface area (Å²) in [5.74, 6) is 0.908. The molecule has 88 valence electrons. The Morgan fingerprint density at radius 1 is 1.18 bits per heavy atom. The molecule has 0 saturated carbocycles. The first-order valence-electron chi connectivity index (χ1n) is 5.26. The number of aryl methyl sites for hydroxylation is 1. The SMILES string of the molecule is COc1cccc(O)c1-c1ccc(Br)cc1C. The third-order valence-electron chi connectivity index (χ3n) is 2.68. The minimum atomic E-state index is 0.231. The molecule has 2 aromatic carbocycles. The number of hydrogen-bond donors (Lipinski definition) is 1. The van der Waals surface area contributed by atoms with Gasteiger partial charge in [-0.05, 0) is 42.3 Å². The average Bonchev–Trinajstić information content (AvgIpc) is 2.30. The summed E-state index contributed by atoms with van der Waals surface area (Å²) in [6.07, 6.45) is 0. The van der Waals surface area contributed by atoms with E-state index in [1.807, 2.05) is 31.2 Å². The maximum Gasteiger partial charge on any atom is 0.130 e. The molecule has 3 heteroatoms. The molecule has 2 aromatic rings. The molecule has 0 aliphatic heterocycles. The molecule has 0 heterocycles. The van der Waals surface area contributed by atoms with Crippen molar-refractivity contribution in [3.8, 4) is 22.6 Å². The summed E-state index contributed by atoms with van der Waals surface area (Å²) in [6.45, 7) is 2.01. The number of aromatic hydroxyl groups is 1. The van der Waals surface area contributed by atoms with Gasteiger partial charge in [0.25, 0.3) is 0 Å². The molecule has 0 aliphatic rings. The van der Waals surface area contributed by atoms with Gasteiger partial charge in [-0.25, -0.2) is 0 Å². The summed E-state index contributed by atoms with van der Waals surface area (Å²) < 4.78 is 6.32. The van der Waals surface area contributed by atoms with Gasteiger partial charge in [-0.15, -0.1) is 0 Å². The number of benzene rings is 2. The predicted octanol–water partition coefficient (Wildman–Crippen LogP) is 4.14. The quantitative estimate of drug-likeness (QED) is 0.901. The van der Waals surface area contributed by atoms with E-state index in [-0.39, 0.29) is 5.75 Å². The molecule has 2 rings (SSSR count). The lowest BCUT2D eigenvalue weighted by Crippen LogP contribution is -1.90. The first-order valence-corrected chi connectivity index (χ1v) is 6.05. The van der Waals surface area contributed by atoms with E-state index in [0.29, 0.717) is 5.75 Å². The maximum absolute atomic E-state index is 9.98. The van der Waals surface area contributed by atoms with E-state index < -0.39 is 0 Å². The van der Waals surface area contributed by atoms with Crippen LogP contribution < -0.4 is 4.74 Å². The number of ether oxygens (including phenoxy) is 1. The van der Waals surface area contributed by atoms with Crippen LogP contribution in [0.1, 0.15) is 5.56 Å². The summed E-state index contributed by atoms with van der Waals surface area (Å²) >= 11 is 3.43. The molecule has 0 saturated heterocycles. The topological polar surface area (TPSA) is 29.5 Å². The highest BCUT2D eigenvalue weighted by atomic mass is 79.9. The Labute approximate surface area is 109 Å². The lowest BCUT2D eigenvalue weighted by Gasteiger charge is -2.12. The Kier molecular flexibility index (Phi) is 3.38. The van der Waals surface area contributed by atoms with Crippen molar-refractivity contribution in [3.63, 3.8) is 0 Å². The van der Waals surface area contributed by atoms with E-state index in [1.165, 1.54) is 0 Å². The van der Waals surface area contributed by atoms with Crippen LogP contribution in [-0.4, -0.2) is 12.2 Å². The van der Waals surface area contributed by atoms with Gasteiger partial charge in [0.2, 0.25) is 0 Å². The summed E-state index contributed by atoms with van der Waals surface area (Å²) in [7, 11) is 1.60. The molecular formula is C14H13BrO2.